The molecule has 1 aromatic heterocycles. The van der Waals surface area contributed by atoms with E-state index < -0.39 is 6.36 Å². The van der Waals surface area contributed by atoms with Gasteiger partial charge in [0, 0.05) is 5.33 Å². The molecule has 2 aromatic rings. The summed E-state index contributed by atoms with van der Waals surface area (Å²) in [7, 11) is 0. The number of nitrogens with one attached hydrogen (secondary N) is 1. The first kappa shape index (κ1) is 11.3. The molecule has 0 bridgehead atoms. The van der Waals surface area contributed by atoms with Crippen LogP contribution in [0.4, 0.5) is 13.2 Å². The van der Waals surface area contributed by atoms with E-state index in [0.717, 1.165) is 5.56 Å². The second-order valence-corrected chi connectivity index (χ2v) is 3.59. The second-order valence-electron chi connectivity index (χ2n) is 3.03. The van der Waals surface area contributed by atoms with Crippen LogP contribution in [0, 0.1) is 0 Å². The van der Waals surface area contributed by atoms with Gasteiger partial charge in [0.05, 0.1) is 11.8 Å². The Balaban J connectivity index is 2.52. The van der Waals surface area contributed by atoms with Crippen molar-refractivity contribution in [3.63, 3.8) is 0 Å². The molecule has 3 nitrogen and oxygen atoms in total. The van der Waals surface area contributed by atoms with E-state index in [9.17, 15) is 13.2 Å². The van der Waals surface area contributed by atoms with Crippen molar-refractivity contribution in [2.45, 2.75) is 11.7 Å². The van der Waals surface area contributed by atoms with E-state index >= 15 is 0 Å². The molecular weight excluding hydrogens is 289 g/mol. The SMILES string of the molecule is FC(F)(F)Oc1ccc(CBr)c2nc[nH]c12. The number of rotatable bonds is 2. The zero-order valence-corrected chi connectivity index (χ0v) is 9.39. The highest BCUT2D eigenvalue weighted by atomic mass is 79.9. The van der Waals surface area contributed by atoms with Crippen molar-refractivity contribution < 1.29 is 17.9 Å². The van der Waals surface area contributed by atoms with Crippen molar-refractivity contribution in [1.29, 1.82) is 0 Å². The van der Waals surface area contributed by atoms with Crippen LogP contribution in [-0.4, -0.2) is 16.3 Å². The van der Waals surface area contributed by atoms with Crippen molar-refractivity contribution in [2.75, 3.05) is 0 Å². The molecule has 0 aliphatic heterocycles. The largest absolute Gasteiger partial charge is 0.573 e. The lowest BCUT2D eigenvalue weighted by Gasteiger charge is -2.10. The topological polar surface area (TPSA) is 37.9 Å². The van der Waals surface area contributed by atoms with E-state index in [2.05, 4.69) is 30.6 Å². The minimum atomic E-state index is -4.70. The molecule has 2 rings (SSSR count). The molecule has 0 saturated carbocycles. The van der Waals surface area contributed by atoms with Gasteiger partial charge in [-0.1, -0.05) is 22.0 Å². The van der Waals surface area contributed by atoms with Crippen LogP contribution in [0.15, 0.2) is 18.5 Å². The fourth-order valence-electron chi connectivity index (χ4n) is 1.38. The zero-order valence-electron chi connectivity index (χ0n) is 7.81. The van der Waals surface area contributed by atoms with E-state index in [1.807, 2.05) is 0 Å². The highest BCUT2D eigenvalue weighted by molar-refractivity contribution is 9.08. The predicted molar refractivity (Wildman–Crippen MR) is 55.4 cm³/mol. The standard InChI is InChI=1S/C9H6BrF3N2O/c10-3-5-1-2-6(16-9(11,12)13)8-7(5)14-4-15-8/h1-2,4H,3H2,(H,14,15). The first-order chi connectivity index (χ1) is 7.51. The van der Waals surface area contributed by atoms with Crippen LogP contribution in [0.2, 0.25) is 0 Å². The minimum Gasteiger partial charge on any atom is -0.403 e. The van der Waals surface area contributed by atoms with E-state index in [4.69, 9.17) is 0 Å². The number of fused-ring (bicyclic) bond motifs is 1. The number of benzene rings is 1. The van der Waals surface area contributed by atoms with Gasteiger partial charge in [0.2, 0.25) is 0 Å². The zero-order chi connectivity index (χ0) is 11.8. The van der Waals surface area contributed by atoms with Gasteiger partial charge in [-0.3, -0.25) is 0 Å². The fraction of sp³-hybridized carbons (Fsp3) is 0.222. The van der Waals surface area contributed by atoms with Crippen LogP contribution in [0.3, 0.4) is 0 Å². The highest BCUT2D eigenvalue weighted by Crippen LogP contribution is 2.31. The molecule has 1 heterocycles. The minimum absolute atomic E-state index is 0.245. The van der Waals surface area contributed by atoms with E-state index in [-0.39, 0.29) is 11.3 Å². The Morgan fingerprint density at radius 2 is 2.12 bits per heavy atom. The molecule has 0 aliphatic carbocycles. The van der Waals surface area contributed by atoms with Crippen molar-refractivity contribution in [3.05, 3.63) is 24.0 Å². The van der Waals surface area contributed by atoms with Crippen molar-refractivity contribution >= 4 is 27.0 Å². The molecule has 0 amide bonds. The third kappa shape index (κ3) is 2.13. The molecule has 0 spiro atoms. The van der Waals surface area contributed by atoms with Crippen LogP contribution >= 0.6 is 15.9 Å². The smallest absolute Gasteiger partial charge is 0.403 e. The van der Waals surface area contributed by atoms with Crippen molar-refractivity contribution in [2.24, 2.45) is 0 Å². The Hall–Kier alpha value is -1.24. The number of H-pyrrole nitrogens is 1. The van der Waals surface area contributed by atoms with Crippen LogP contribution in [0.5, 0.6) is 5.75 Å². The van der Waals surface area contributed by atoms with Crippen LogP contribution in [0.25, 0.3) is 11.0 Å². The number of hydrogen-bond acceptors (Lipinski definition) is 2. The fourth-order valence-corrected chi connectivity index (χ4v) is 1.83. The third-order valence-corrected chi connectivity index (χ3v) is 2.60. The van der Waals surface area contributed by atoms with Crippen LogP contribution in [0.1, 0.15) is 5.56 Å². The molecule has 1 aromatic carbocycles. The summed E-state index contributed by atoms with van der Waals surface area (Å²) in [6.07, 6.45) is -3.37. The Kier molecular flexibility index (Phi) is 2.79. The number of halogens is 4. The van der Waals surface area contributed by atoms with Gasteiger partial charge in [-0.2, -0.15) is 0 Å². The number of nitrogens with zero attached hydrogens (tertiary/aromatic N) is 1. The number of aromatic nitrogens is 2. The summed E-state index contributed by atoms with van der Waals surface area (Å²) < 4.78 is 40.2. The van der Waals surface area contributed by atoms with Gasteiger partial charge < -0.3 is 9.72 Å². The maximum atomic E-state index is 12.1. The number of alkyl halides is 4. The van der Waals surface area contributed by atoms with E-state index in [0.29, 0.717) is 10.8 Å². The quantitative estimate of drug-likeness (QED) is 0.863. The van der Waals surface area contributed by atoms with E-state index in [1.165, 1.54) is 12.4 Å². The summed E-state index contributed by atoms with van der Waals surface area (Å²) in [4.78, 5) is 6.58. The molecule has 7 heteroatoms. The molecular formula is C9H6BrF3N2O. The molecule has 0 radical (unpaired) electrons. The van der Waals surface area contributed by atoms with Crippen LogP contribution in [-0.2, 0) is 5.33 Å². The summed E-state index contributed by atoms with van der Waals surface area (Å²) in [5, 5.41) is 0.515. The molecule has 0 atom stereocenters. The Labute approximate surface area is 96.7 Å². The van der Waals surface area contributed by atoms with Gasteiger partial charge in [-0.05, 0) is 11.6 Å². The summed E-state index contributed by atoms with van der Waals surface area (Å²) in [5.41, 5.74) is 1.51. The molecule has 0 aliphatic rings. The first-order valence-electron chi connectivity index (χ1n) is 4.28. The lowest BCUT2D eigenvalue weighted by atomic mass is 10.2. The second kappa shape index (κ2) is 3.97. The molecule has 1 N–H and O–H groups in total. The molecule has 0 saturated heterocycles. The number of ether oxygens (including phenoxy) is 1. The number of aromatic amines is 1. The summed E-state index contributed by atoms with van der Waals surface area (Å²) in [6.45, 7) is 0. The lowest BCUT2D eigenvalue weighted by Crippen LogP contribution is -2.17. The highest BCUT2D eigenvalue weighted by Gasteiger charge is 2.32. The predicted octanol–water partition coefficient (Wildman–Crippen LogP) is 3.36. The van der Waals surface area contributed by atoms with Gasteiger partial charge in [0.15, 0.2) is 5.75 Å². The molecule has 0 unspecified atom stereocenters. The van der Waals surface area contributed by atoms with Crippen LogP contribution < -0.4 is 4.74 Å². The van der Waals surface area contributed by atoms with E-state index in [1.54, 1.807) is 6.07 Å². The Morgan fingerprint density at radius 3 is 2.75 bits per heavy atom. The van der Waals surface area contributed by atoms with Crippen molar-refractivity contribution in [3.8, 4) is 5.75 Å². The van der Waals surface area contributed by atoms with Gasteiger partial charge in [-0.15, -0.1) is 13.2 Å². The van der Waals surface area contributed by atoms with Gasteiger partial charge in [0.25, 0.3) is 0 Å². The summed E-state index contributed by atoms with van der Waals surface area (Å²) in [5.74, 6) is -0.273. The average molecular weight is 295 g/mol. The number of imidazole rings is 1. The maximum absolute atomic E-state index is 12.1. The molecule has 86 valence electrons. The van der Waals surface area contributed by atoms with Gasteiger partial charge >= 0.3 is 6.36 Å². The summed E-state index contributed by atoms with van der Waals surface area (Å²) >= 11 is 3.23. The maximum Gasteiger partial charge on any atom is 0.573 e. The first-order valence-corrected chi connectivity index (χ1v) is 5.40. The lowest BCUT2D eigenvalue weighted by molar-refractivity contribution is -0.274. The number of hydrogen-bond donors (Lipinski definition) is 1. The van der Waals surface area contributed by atoms with Gasteiger partial charge in [0.1, 0.15) is 5.52 Å². The average Bonchev–Trinajstić information content (AvgIpc) is 2.65. The summed E-state index contributed by atoms with van der Waals surface area (Å²) in [6, 6.07) is 2.81. The molecule has 0 fully saturated rings. The monoisotopic (exact) mass is 294 g/mol. The third-order valence-electron chi connectivity index (χ3n) is 2.00. The van der Waals surface area contributed by atoms with Gasteiger partial charge in [-0.25, -0.2) is 4.98 Å². The normalized spacial score (nSPS) is 12.0. The molecule has 16 heavy (non-hydrogen) atoms. The van der Waals surface area contributed by atoms with Crippen molar-refractivity contribution in [1.82, 2.24) is 9.97 Å². The Bertz CT molecular complexity index is 509. The Morgan fingerprint density at radius 1 is 1.38 bits per heavy atom.